The predicted molar refractivity (Wildman–Crippen MR) is 86.7 cm³/mol. The molecular weight excluding hydrogens is 230 g/mol. The summed E-state index contributed by atoms with van der Waals surface area (Å²) in [5.74, 6) is 1.10. The average Bonchev–Trinajstić information content (AvgIpc) is 2.42. The Bertz CT molecular complexity index is 182. The van der Waals surface area contributed by atoms with Crippen LogP contribution in [0.4, 0.5) is 0 Å². The van der Waals surface area contributed by atoms with E-state index in [-0.39, 0.29) is 0 Å². The molecule has 1 fully saturated rings. The van der Waals surface area contributed by atoms with Gasteiger partial charge in [0.25, 0.3) is 0 Å². The van der Waals surface area contributed by atoms with Crippen LogP contribution in [0.3, 0.4) is 0 Å². The lowest BCUT2D eigenvalue weighted by Crippen LogP contribution is -2.12. The van der Waals surface area contributed by atoms with E-state index in [1.54, 1.807) is 0 Å². The largest absolute Gasteiger partial charge is 0.309 e. The van der Waals surface area contributed by atoms with Crippen molar-refractivity contribution in [3.05, 3.63) is 0 Å². The van der Waals surface area contributed by atoms with Crippen molar-refractivity contribution in [1.82, 2.24) is 4.90 Å². The zero-order valence-corrected chi connectivity index (χ0v) is 13.6. The molecule has 1 aliphatic carbocycles. The second kappa shape index (κ2) is 11.8. The fourth-order valence-corrected chi connectivity index (χ4v) is 3.40. The third-order valence-corrected chi connectivity index (χ3v) is 4.69. The van der Waals surface area contributed by atoms with Gasteiger partial charge in [-0.05, 0) is 33.0 Å². The minimum absolute atomic E-state index is 1.10. The summed E-state index contributed by atoms with van der Waals surface area (Å²) in [4.78, 5) is 2.30. The highest BCUT2D eigenvalue weighted by Gasteiger charge is 2.12. The lowest BCUT2D eigenvalue weighted by Gasteiger charge is -2.21. The molecule has 1 saturated carbocycles. The van der Waals surface area contributed by atoms with E-state index in [2.05, 4.69) is 19.0 Å². The van der Waals surface area contributed by atoms with Gasteiger partial charge >= 0.3 is 0 Å². The van der Waals surface area contributed by atoms with Gasteiger partial charge in [0.2, 0.25) is 0 Å². The SMILES string of the molecule is CN(C)CCCCCCCCCCC1CCCCC1. The van der Waals surface area contributed by atoms with Crippen LogP contribution >= 0.6 is 0 Å². The van der Waals surface area contributed by atoms with Gasteiger partial charge in [0.1, 0.15) is 0 Å². The van der Waals surface area contributed by atoms with Crippen molar-refractivity contribution in [3.63, 3.8) is 0 Å². The van der Waals surface area contributed by atoms with Crippen LogP contribution in [0.5, 0.6) is 0 Å². The third kappa shape index (κ3) is 10.4. The molecule has 0 spiro atoms. The van der Waals surface area contributed by atoms with Gasteiger partial charge < -0.3 is 4.90 Å². The maximum Gasteiger partial charge on any atom is -0.00248 e. The lowest BCUT2D eigenvalue weighted by molar-refractivity contribution is 0.327. The molecule has 0 bridgehead atoms. The zero-order valence-electron chi connectivity index (χ0n) is 13.6. The first-order valence-corrected chi connectivity index (χ1v) is 8.94. The molecule has 0 aliphatic heterocycles. The first-order valence-electron chi connectivity index (χ1n) is 8.94. The fourth-order valence-electron chi connectivity index (χ4n) is 3.40. The lowest BCUT2D eigenvalue weighted by atomic mass is 9.85. The summed E-state index contributed by atoms with van der Waals surface area (Å²) in [7, 11) is 4.35. The summed E-state index contributed by atoms with van der Waals surface area (Å²) in [5, 5.41) is 0. The Morgan fingerprint density at radius 1 is 0.684 bits per heavy atom. The number of hydrogen-bond donors (Lipinski definition) is 0. The molecule has 0 aromatic rings. The van der Waals surface area contributed by atoms with Gasteiger partial charge in [-0.25, -0.2) is 0 Å². The molecule has 0 aromatic carbocycles. The van der Waals surface area contributed by atoms with Crippen molar-refractivity contribution in [2.45, 2.75) is 89.9 Å². The number of nitrogens with zero attached hydrogens (tertiary/aromatic N) is 1. The summed E-state index contributed by atoms with van der Waals surface area (Å²) < 4.78 is 0. The van der Waals surface area contributed by atoms with Gasteiger partial charge in [0.05, 0.1) is 0 Å². The standard InChI is InChI=1S/C18H37N/c1-19(2)17-13-8-6-4-3-5-7-10-14-18-15-11-9-12-16-18/h18H,3-17H2,1-2H3. The van der Waals surface area contributed by atoms with E-state index in [0.29, 0.717) is 0 Å². The second-order valence-corrected chi connectivity index (χ2v) is 6.92. The quantitative estimate of drug-likeness (QED) is 0.438. The normalized spacial score (nSPS) is 17.2. The van der Waals surface area contributed by atoms with Crippen molar-refractivity contribution in [3.8, 4) is 0 Å². The van der Waals surface area contributed by atoms with Crippen molar-refractivity contribution < 1.29 is 0 Å². The Balaban J connectivity index is 1.73. The van der Waals surface area contributed by atoms with Crippen LogP contribution < -0.4 is 0 Å². The number of unbranched alkanes of at least 4 members (excludes halogenated alkanes) is 7. The van der Waals surface area contributed by atoms with E-state index in [9.17, 15) is 0 Å². The van der Waals surface area contributed by atoms with E-state index >= 15 is 0 Å². The van der Waals surface area contributed by atoms with Crippen molar-refractivity contribution in [2.24, 2.45) is 5.92 Å². The predicted octanol–water partition coefficient (Wildman–Crippen LogP) is 5.64. The average molecular weight is 268 g/mol. The molecule has 0 atom stereocenters. The maximum atomic E-state index is 2.30. The van der Waals surface area contributed by atoms with Gasteiger partial charge in [-0.3, -0.25) is 0 Å². The van der Waals surface area contributed by atoms with Crippen molar-refractivity contribution >= 4 is 0 Å². The molecule has 1 heteroatoms. The Hall–Kier alpha value is -0.0400. The van der Waals surface area contributed by atoms with Crippen LogP contribution in [0, 0.1) is 5.92 Å². The first-order chi connectivity index (χ1) is 9.29. The maximum absolute atomic E-state index is 2.30. The van der Waals surface area contributed by atoms with E-state index in [1.165, 1.54) is 96.4 Å². The number of rotatable bonds is 11. The zero-order chi connectivity index (χ0) is 13.8. The highest BCUT2D eigenvalue weighted by Crippen LogP contribution is 2.28. The Labute approximate surface area is 122 Å². The molecule has 1 nitrogen and oxygen atoms in total. The summed E-state index contributed by atoms with van der Waals surface area (Å²) in [5.41, 5.74) is 0. The highest BCUT2D eigenvalue weighted by molar-refractivity contribution is 4.65. The topological polar surface area (TPSA) is 3.24 Å². The molecule has 114 valence electrons. The van der Waals surface area contributed by atoms with Crippen LogP contribution in [-0.2, 0) is 0 Å². The van der Waals surface area contributed by atoms with Crippen LogP contribution in [0.2, 0.25) is 0 Å². The molecule has 1 rings (SSSR count). The van der Waals surface area contributed by atoms with E-state index < -0.39 is 0 Å². The minimum atomic E-state index is 1.10. The molecule has 0 amide bonds. The third-order valence-electron chi connectivity index (χ3n) is 4.69. The minimum Gasteiger partial charge on any atom is -0.309 e. The monoisotopic (exact) mass is 267 g/mol. The molecular formula is C18H37N. The fraction of sp³-hybridized carbons (Fsp3) is 1.00. The second-order valence-electron chi connectivity index (χ2n) is 6.92. The smallest absolute Gasteiger partial charge is 0.00248 e. The van der Waals surface area contributed by atoms with Gasteiger partial charge in [-0.2, -0.15) is 0 Å². The van der Waals surface area contributed by atoms with Gasteiger partial charge in [0, 0.05) is 0 Å². The molecule has 0 unspecified atom stereocenters. The van der Waals surface area contributed by atoms with Crippen LogP contribution in [0.1, 0.15) is 89.9 Å². The van der Waals surface area contributed by atoms with E-state index in [1.807, 2.05) is 0 Å². The Morgan fingerprint density at radius 2 is 1.21 bits per heavy atom. The van der Waals surface area contributed by atoms with Gasteiger partial charge in [0.15, 0.2) is 0 Å². The summed E-state index contributed by atoms with van der Waals surface area (Å²) in [6.45, 7) is 1.27. The summed E-state index contributed by atoms with van der Waals surface area (Å²) in [6, 6.07) is 0. The van der Waals surface area contributed by atoms with Crippen LogP contribution in [0.15, 0.2) is 0 Å². The molecule has 1 aliphatic rings. The molecule has 0 saturated heterocycles. The van der Waals surface area contributed by atoms with Crippen molar-refractivity contribution in [2.75, 3.05) is 20.6 Å². The molecule has 0 radical (unpaired) electrons. The highest BCUT2D eigenvalue weighted by atomic mass is 15.0. The molecule has 0 N–H and O–H groups in total. The summed E-state index contributed by atoms with van der Waals surface area (Å²) >= 11 is 0. The molecule has 0 heterocycles. The van der Waals surface area contributed by atoms with Crippen LogP contribution in [-0.4, -0.2) is 25.5 Å². The summed E-state index contributed by atoms with van der Waals surface area (Å²) in [6.07, 6.45) is 20.8. The molecule has 19 heavy (non-hydrogen) atoms. The van der Waals surface area contributed by atoms with Crippen LogP contribution in [0.25, 0.3) is 0 Å². The van der Waals surface area contributed by atoms with E-state index in [4.69, 9.17) is 0 Å². The van der Waals surface area contributed by atoms with Gasteiger partial charge in [-0.1, -0.05) is 83.5 Å². The van der Waals surface area contributed by atoms with E-state index in [0.717, 1.165) is 5.92 Å². The molecule has 0 aromatic heterocycles. The van der Waals surface area contributed by atoms with Crippen molar-refractivity contribution in [1.29, 1.82) is 0 Å². The Morgan fingerprint density at radius 3 is 1.79 bits per heavy atom. The van der Waals surface area contributed by atoms with Gasteiger partial charge in [-0.15, -0.1) is 0 Å². The Kier molecular flexibility index (Phi) is 10.5. The first kappa shape index (κ1) is 17.0. The number of hydrogen-bond acceptors (Lipinski definition) is 1.